The monoisotopic (exact) mass is 636 g/mol. The Labute approximate surface area is 218 Å². The normalized spacial score (nSPS) is 12.0. The van der Waals surface area contributed by atoms with E-state index in [4.69, 9.17) is 4.42 Å². The molecule has 3 heterocycles. The van der Waals surface area contributed by atoms with Gasteiger partial charge in [0.2, 0.25) is 6.20 Å². The molecule has 6 rings (SSSR count). The summed E-state index contributed by atoms with van der Waals surface area (Å²) in [5.41, 5.74) is 4.76. The Morgan fingerprint density at radius 2 is 1.77 bits per heavy atom. The second kappa shape index (κ2) is 11.7. The predicted molar refractivity (Wildman–Crippen MR) is 135 cm³/mol. The molecule has 0 saturated heterocycles. The summed E-state index contributed by atoms with van der Waals surface area (Å²) in [4.78, 5) is 4.22. The van der Waals surface area contributed by atoms with Crippen molar-refractivity contribution >= 4 is 33.6 Å². The standard InChI is InChI=1S/C19H17N2O.C11H8N.Ir/c1-2-3-10-20-11-12-21(14-20)15-8-9-17-16-6-4-5-7-18(16)22-19(17)13-15;1-2-6-10(7-3-1)11-8-4-5-9-12-11;/h4-7,9,11-13H,2-3,10H2,1H3;1-6,8-9H;/q+1;-1;. The fourth-order valence-electron chi connectivity index (χ4n) is 3.81. The molecule has 175 valence electrons. The van der Waals surface area contributed by atoms with Gasteiger partial charge in [0.1, 0.15) is 11.3 Å². The average Bonchev–Trinajstić information content (AvgIpc) is 3.53. The Hall–Kier alpha value is -3.62. The molecule has 0 unspecified atom stereocenters. The number of hydrogen-bond acceptors (Lipinski definition) is 2. The third-order valence-electron chi connectivity index (χ3n) is 5.59. The van der Waals surface area contributed by atoms with Crippen LogP contribution in [0.15, 0.2) is 102 Å². The van der Waals surface area contributed by atoms with E-state index in [1.54, 1.807) is 6.20 Å². The van der Waals surface area contributed by atoms with Gasteiger partial charge in [-0.1, -0.05) is 64.3 Å². The Morgan fingerprint density at radius 1 is 0.914 bits per heavy atom. The Balaban J connectivity index is 0.000000189. The van der Waals surface area contributed by atoms with Crippen LogP contribution in [-0.2, 0) is 20.1 Å². The maximum Gasteiger partial charge on any atom is 0.493 e. The molecule has 0 spiro atoms. The quantitative estimate of drug-likeness (QED) is 0.153. The van der Waals surface area contributed by atoms with E-state index in [9.17, 15) is 0 Å². The minimum atomic E-state index is 0. The van der Waals surface area contributed by atoms with Crippen LogP contribution in [0.5, 0.6) is 0 Å². The Bertz CT molecular complexity index is 1480. The molecule has 1 radical (unpaired) electrons. The first-order valence-corrected chi connectivity index (χ1v) is 11.5. The van der Waals surface area contributed by atoms with Crippen molar-refractivity contribution in [2.45, 2.75) is 19.8 Å². The summed E-state index contributed by atoms with van der Waals surface area (Å²) in [7, 11) is 0. The molecule has 1 aliphatic heterocycles. The van der Waals surface area contributed by atoms with Gasteiger partial charge in [-0.25, -0.2) is 0 Å². The summed E-state index contributed by atoms with van der Waals surface area (Å²) >= 11 is 0. The van der Waals surface area contributed by atoms with Gasteiger partial charge in [0.05, 0.1) is 0 Å². The molecular weight excluding hydrogens is 611 g/mol. The Kier molecular flexibility index (Phi) is 8.18. The van der Waals surface area contributed by atoms with E-state index < -0.39 is 0 Å². The maximum atomic E-state index is 5.93. The van der Waals surface area contributed by atoms with E-state index in [1.165, 1.54) is 6.42 Å². The summed E-state index contributed by atoms with van der Waals surface area (Å²) in [6.07, 6.45) is 8.19. The molecule has 2 aromatic heterocycles. The number of furan rings is 1. The van der Waals surface area contributed by atoms with Crippen molar-refractivity contribution in [1.29, 1.82) is 0 Å². The van der Waals surface area contributed by atoms with E-state index in [0.717, 1.165) is 51.8 Å². The Morgan fingerprint density at radius 3 is 2.57 bits per heavy atom. The largest absolute Gasteiger partial charge is 0.493 e. The summed E-state index contributed by atoms with van der Waals surface area (Å²) < 4.78 is 9.98. The first kappa shape index (κ1) is 24.5. The van der Waals surface area contributed by atoms with Gasteiger partial charge in [-0.05, 0) is 23.2 Å². The number of rotatable bonds is 5. The fourth-order valence-corrected chi connectivity index (χ4v) is 3.81. The molecule has 3 aromatic carbocycles. The first-order chi connectivity index (χ1) is 16.8. The zero-order valence-corrected chi connectivity index (χ0v) is 21.8. The molecule has 0 aliphatic carbocycles. The van der Waals surface area contributed by atoms with Crippen LogP contribution in [0, 0.1) is 12.1 Å². The molecular formula is C30H25IrN3O. The summed E-state index contributed by atoms with van der Waals surface area (Å²) in [6.45, 7) is 3.19. The smallest absolute Gasteiger partial charge is 0.483 e. The van der Waals surface area contributed by atoms with Crippen LogP contribution < -0.4 is 0 Å². The van der Waals surface area contributed by atoms with Crippen molar-refractivity contribution in [3.8, 4) is 11.3 Å². The van der Waals surface area contributed by atoms with Gasteiger partial charge in [0.15, 0.2) is 6.54 Å². The number of nitrogens with zero attached hydrogens (tertiary/aromatic N) is 3. The van der Waals surface area contributed by atoms with Crippen molar-refractivity contribution in [3.05, 3.63) is 110 Å². The van der Waals surface area contributed by atoms with E-state index >= 15 is 0 Å². The van der Waals surface area contributed by atoms with Crippen molar-refractivity contribution in [2.24, 2.45) is 0 Å². The minimum absolute atomic E-state index is 0. The van der Waals surface area contributed by atoms with Crippen LogP contribution in [0.1, 0.15) is 19.8 Å². The predicted octanol–water partition coefficient (Wildman–Crippen LogP) is 7.05. The van der Waals surface area contributed by atoms with Gasteiger partial charge in [-0.15, -0.1) is 42.0 Å². The molecule has 5 heteroatoms. The average molecular weight is 636 g/mol. The van der Waals surface area contributed by atoms with Gasteiger partial charge in [-0.2, -0.15) is 6.07 Å². The van der Waals surface area contributed by atoms with Crippen LogP contribution in [0.4, 0.5) is 5.69 Å². The first-order valence-electron chi connectivity index (χ1n) is 11.5. The topological polar surface area (TPSA) is 32.0 Å². The van der Waals surface area contributed by atoms with Crippen molar-refractivity contribution in [1.82, 2.24) is 4.98 Å². The van der Waals surface area contributed by atoms with Gasteiger partial charge in [-0.3, -0.25) is 0 Å². The van der Waals surface area contributed by atoms with Crippen molar-refractivity contribution in [2.75, 3.05) is 6.54 Å². The van der Waals surface area contributed by atoms with Gasteiger partial charge in [0, 0.05) is 38.3 Å². The van der Waals surface area contributed by atoms with Crippen LogP contribution in [-0.4, -0.2) is 26.7 Å². The number of benzene rings is 3. The SMILES string of the molecule is CCCC[N+]1=C=[N+](c2[c-]cc3c(c2)oc2ccccc23)C=C1.[Ir].[c-]1ccccc1-c1ccccn1. The van der Waals surface area contributed by atoms with E-state index in [0.29, 0.717) is 0 Å². The van der Waals surface area contributed by atoms with Gasteiger partial charge >= 0.3 is 6.01 Å². The van der Waals surface area contributed by atoms with Crippen molar-refractivity contribution < 1.29 is 33.7 Å². The maximum absolute atomic E-state index is 5.93. The minimum Gasteiger partial charge on any atom is -0.483 e. The van der Waals surface area contributed by atoms with Crippen LogP contribution in [0.3, 0.4) is 0 Å². The second-order valence-corrected chi connectivity index (χ2v) is 8.00. The third-order valence-corrected chi connectivity index (χ3v) is 5.59. The van der Waals surface area contributed by atoms with Gasteiger partial charge in [0.25, 0.3) is 6.20 Å². The van der Waals surface area contributed by atoms with Crippen LogP contribution in [0.2, 0.25) is 0 Å². The molecule has 4 nitrogen and oxygen atoms in total. The van der Waals surface area contributed by atoms with Crippen LogP contribution in [0.25, 0.3) is 33.2 Å². The fraction of sp³-hybridized carbons (Fsp3) is 0.133. The van der Waals surface area contributed by atoms with Gasteiger partial charge < -0.3 is 9.40 Å². The number of pyridine rings is 1. The summed E-state index contributed by atoms with van der Waals surface area (Å²) in [6, 6.07) is 35.6. The number of fused-ring (bicyclic) bond motifs is 3. The second-order valence-electron chi connectivity index (χ2n) is 8.00. The number of para-hydroxylation sites is 1. The molecule has 0 saturated carbocycles. The zero-order chi connectivity index (χ0) is 23.2. The summed E-state index contributed by atoms with van der Waals surface area (Å²) in [5.74, 6) is 0. The van der Waals surface area contributed by atoms with Crippen LogP contribution >= 0.6 is 0 Å². The number of aromatic nitrogens is 1. The molecule has 0 amide bonds. The van der Waals surface area contributed by atoms with E-state index in [2.05, 4.69) is 40.7 Å². The molecule has 0 fully saturated rings. The summed E-state index contributed by atoms with van der Waals surface area (Å²) in [5, 5.41) is 2.24. The van der Waals surface area contributed by atoms with Crippen molar-refractivity contribution in [3.63, 3.8) is 0 Å². The molecule has 5 aromatic rings. The molecule has 1 aliphatic rings. The molecule has 0 atom stereocenters. The molecule has 0 N–H and O–H groups in total. The van der Waals surface area contributed by atoms with E-state index in [-0.39, 0.29) is 20.1 Å². The molecule has 0 bridgehead atoms. The number of unbranched alkanes of at least 4 members (excludes halogenated alkanes) is 1. The zero-order valence-electron chi connectivity index (χ0n) is 19.4. The third kappa shape index (κ3) is 5.72. The van der Waals surface area contributed by atoms with E-state index in [1.807, 2.05) is 89.8 Å². The number of hydrogen-bond donors (Lipinski definition) is 0. The molecule has 35 heavy (non-hydrogen) atoms.